The summed E-state index contributed by atoms with van der Waals surface area (Å²) in [6.45, 7) is -0.157. The van der Waals surface area contributed by atoms with E-state index in [1.54, 1.807) is 12.1 Å². The molecule has 1 atom stereocenters. The second-order valence-corrected chi connectivity index (χ2v) is 4.87. The van der Waals surface area contributed by atoms with Crippen molar-refractivity contribution < 1.29 is 44.6 Å². The van der Waals surface area contributed by atoms with Gasteiger partial charge in [0.15, 0.2) is 0 Å². The Balaban J connectivity index is 0.00000113. The number of carbonyl (C=O) groups is 4. The van der Waals surface area contributed by atoms with Crippen LogP contribution in [-0.4, -0.2) is 63.0 Å². The number of primary amides is 1. The van der Waals surface area contributed by atoms with E-state index >= 15 is 0 Å². The highest BCUT2D eigenvalue weighted by atomic mass is 17.0. The number of phenolic OH excluding ortho intramolecular Hbond substituents is 1. The lowest BCUT2D eigenvalue weighted by molar-refractivity contribution is -0.176. The lowest BCUT2D eigenvalue weighted by Gasteiger charge is -2.24. The molecular weight excluding hydrogens is 352 g/mol. The van der Waals surface area contributed by atoms with E-state index in [9.17, 15) is 19.5 Å². The van der Waals surface area contributed by atoms with Crippen LogP contribution in [-0.2, 0) is 25.7 Å². The maximum Gasteiger partial charge on any atom is 0.305 e. The quantitative estimate of drug-likeness (QED) is 0.203. The highest BCUT2D eigenvalue weighted by Gasteiger charge is 2.36. The normalized spacial score (nSPS) is 12.6. The molecule has 6 N–H and O–H groups in total. The number of ether oxygens (including phenoxy) is 1. The SMILES string of the molecule is COC(=O)CCC(C(N)=O)N1Cc2c(O)cccc2C1=O.O=CO.OO. The van der Waals surface area contributed by atoms with Gasteiger partial charge in [0.05, 0.1) is 13.7 Å². The lowest BCUT2D eigenvalue weighted by Crippen LogP contribution is -2.45. The molecule has 0 aromatic heterocycles. The van der Waals surface area contributed by atoms with Crippen molar-refractivity contribution in [3.63, 3.8) is 0 Å². The summed E-state index contributed by atoms with van der Waals surface area (Å²) in [4.78, 5) is 44.7. The molecule has 144 valence electrons. The van der Waals surface area contributed by atoms with Gasteiger partial charge in [-0.05, 0) is 18.6 Å². The topological polar surface area (TPSA) is 188 Å². The van der Waals surface area contributed by atoms with Crippen molar-refractivity contribution in [3.05, 3.63) is 29.3 Å². The fourth-order valence-corrected chi connectivity index (χ4v) is 2.40. The Bertz CT molecular complexity index is 648. The molecule has 0 fully saturated rings. The minimum atomic E-state index is -0.914. The van der Waals surface area contributed by atoms with Crippen LogP contribution in [0, 0.1) is 0 Å². The average Bonchev–Trinajstić information content (AvgIpc) is 2.95. The van der Waals surface area contributed by atoms with Crippen LogP contribution in [0.5, 0.6) is 5.75 Å². The molecule has 0 bridgehead atoms. The van der Waals surface area contributed by atoms with Crippen molar-refractivity contribution in [1.82, 2.24) is 4.90 Å². The zero-order valence-corrected chi connectivity index (χ0v) is 13.9. The third-order valence-corrected chi connectivity index (χ3v) is 3.53. The summed E-state index contributed by atoms with van der Waals surface area (Å²) in [5, 5.41) is 28.7. The van der Waals surface area contributed by atoms with Crippen LogP contribution in [0.4, 0.5) is 0 Å². The highest BCUT2D eigenvalue weighted by Crippen LogP contribution is 2.31. The van der Waals surface area contributed by atoms with Crippen molar-refractivity contribution in [2.75, 3.05) is 7.11 Å². The number of benzene rings is 1. The minimum Gasteiger partial charge on any atom is -0.508 e. The molecule has 0 saturated carbocycles. The van der Waals surface area contributed by atoms with Crippen LogP contribution in [0.2, 0.25) is 0 Å². The monoisotopic (exact) mass is 372 g/mol. The molecule has 1 aromatic carbocycles. The Kier molecular flexibility index (Phi) is 9.99. The molecular formula is C15H20N2O9. The second kappa shape index (κ2) is 11.4. The van der Waals surface area contributed by atoms with Crippen LogP contribution in [0.1, 0.15) is 28.8 Å². The number of carboxylic acid groups (broad SMARTS) is 1. The first-order valence-electron chi connectivity index (χ1n) is 7.13. The van der Waals surface area contributed by atoms with Gasteiger partial charge in [-0.25, -0.2) is 0 Å². The molecule has 0 radical (unpaired) electrons. The van der Waals surface area contributed by atoms with Gasteiger partial charge < -0.3 is 25.6 Å². The van der Waals surface area contributed by atoms with Crippen LogP contribution in [0.15, 0.2) is 18.2 Å². The van der Waals surface area contributed by atoms with Crippen molar-refractivity contribution in [2.45, 2.75) is 25.4 Å². The summed E-state index contributed by atoms with van der Waals surface area (Å²) in [5.41, 5.74) is 6.14. The summed E-state index contributed by atoms with van der Waals surface area (Å²) < 4.78 is 4.52. The molecule has 2 rings (SSSR count). The first kappa shape index (κ1) is 22.8. The maximum atomic E-state index is 12.3. The van der Waals surface area contributed by atoms with E-state index in [-0.39, 0.29) is 37.5 Å². The fourth-order valence-electron chi connectivity index (χ4n) is 2.40. The number of methoxy groups -OCH3 is 1. The number of nitrogens with zero attached hydrogens (tertiary/aromatic N) is 1. The Morgan fingerprint density at radius 2 is 1.96 bits per heavy atom. The van der Waals surface area contributed by atoms with E-state index in [1.165, 1.54) is 18.1 Å². The Morgan fingerprint density at radius 3 is 2.42 bits per heavy atom. The van der Waals surface area contributed by atoms with E-state index < -0.39 is 17.9 Å². The summed E-state index contributed by atoms with van der Waals surface area (Å²) in [6.07, 6.45) is 0.0682. The standard InChI is InChI=1S/C14H16N2O5.CH2O2.H2O2/c1-21-12(18)6-5-10(13(15)19)16-7-9-8(14(16)20)3-2-4-11(9)17;2-1-3;1-2/h2-4,10,17H,5-7H2,1H3,(H2,15,19);1H,(H,2,3);1-2H. The Labute approximate surface area is 148 Å². The van der Waals surface area contributed by atoms with Crippen LogP contribution >= 0.6 is 0 Å². The van der Waals surface area contributed by atoms with E-state index in [2.05, 4.69) is 4.74 Å². The number of phenols is 1. The van der Waals surface area contributed by atoms with Gasteiger partial charge in [0, 0.05) is 17.5 Å². The molecule has 1 aromatic rings. The van der Waals surface area contributed by atoms with Crippen LogP contribution in [0.25, 0.3) is 0 Å². The van der Waals surface area contributed by atoms with Crippen LogP contribution in [0.3, 0.4) is 0 Å². The molecule has 2 amide bonds. The molecule has 0 saturated heterocycles. The van der Waals surface area contributed by atoms with Gasteiger partial charge in [-0.15, -0.1) is 0 Å². The number of amides is 2. The van der Waals surface area contributed by atoms with E-state index in [1.807, 2.05) is 0 Å². The van der Waals surface area contributed by atoms with E-state index in [4.69, 9.17) is 26.1 Å². The molecule has 1 aliphatic heterocycles. The number of aromatic hydroxyl groups is 1. The van der Waals surface area contributed by atoms with Gasteiger partial charge in [-0.1, -0.05) is 6.07 Å². The first-order chi connectivity index (χ1) is 12.4. The minimum absolute atomic E-state index is 0.000427. The number of carbonyl (C=O) groups excluding carboxylic acids is 3. The van der Waals surface area contributed by atoms with Gasteiger partial charge in [0.1, 0.15) is 11.8 Å². The molecule has 11 heteroatoms. The number of hydrogen-bond acceptors (Lipinski definition) is 8. The Morgan fingerprint density at radius 1 is 1.38 bits per heavy atom. The summed E-state index contributed by atoms with van der Waals surface area (Å²) in [5.74, 6) is -1.55. The predicted octanol–water partition coefficient (Wildman–Crippen LogP) is -0.127. The van der Waals surface area contributed by atoms with Gasteiger partial charge >= 0.3 is 5.97 Å². The average molecular weight is 372 g/mol. The van der Waals surface area contributed by atoms with Gasteiger partial charge in [0.25, 0.3) is 12.4 Å². The molecule has 0 spiro atoms. The van der Waals surface area contributed by atoms with Crippen LogP contribution < -0.4 is 5.73 Å². The molecule has 26 heavy (non-hydrogen) atoms. The van der Waals surface area contributed by atoms with Gasteiger partial charge in [-0.3, -0.25) is 29.7 Å². The first-order valence-corrected chi connectivity index (χ1v) is 7.13. The number of rotatable bonds is 5. The molecule has 1 aliphatic rings. The predicted molar refractivity (Wildman–Crippen MR) is 86.2 cm³/mol. The van der Waals surface area contributed by atoms with Crippen molar-refractivity contribution in [1.29, 1.82) is 0 Å². The Hall–Kier alpha value is -3.18. The van der Waals surface area contributed by atoms with Gasteiger partial charge in [0.2, 0.25) is 5.91 Å². The van der Waals surface area contributed by atoms with Gasteiger partial charge in [-0.2, -0.15) is 0 Å². The third-order valence-electron chi connectivity index (χ3n) is 3.53. The van der Waals surface area contributed by atoms with Crippen molar-refractivity contribution in [2.24, 2.45) is 5.73 Å². The zero-order chi connectivity index (χ0) is 20.3. The summed E-state index contributed by atoms with van der Waals surface area (Å²) >= 11 is 0. The van der Waals surface area contributed by atoms with E-state index in [0.29, 0.717) is 11.1 Å². The summed E-state index contributed by atoms with van der Waals surface area (Å²) in [7, 11) is 1.25. The highest BCUT2D eigenvalue weighted by molar-refractivity contribution is 6.01. The molecule has 11 nitrogen and oxygen atoms in total. The zero-order valence-electron chi connectivity index (χ0n) is 13.9. The number of hydrogen-bond donors (Lipinski definition) is 5. The second-order valence-electron chi connectivity index (χ2n) is 4.87. The largest absolute Gasteiger partial charge is 0.508 e. The van der Waals surface area contributed by atoms with Crippen molar-refractivity contribution in [3.8, 4) is 5.75 Å². The van der Waals surface area contributed by atoms with Crippen molar-refractivity contribution >= 4 is 24.3 Å². The fraction of sp³-hybridized carbons (Fsp3) is 0.333. The summed E-state index contributed by atoms with van der Waals surface area (Å²) in [6, 6.07) is 3.70. The molecule has 0 aliphatic carbocycles. The third kappa shape index (κ3) is 5.72. The molecule has 1 heterocycles. The maximum absolute atomic E-state index is 12.3. The smallest absolute Gasteiger partial charge is 0.305 e. The molecule has 1 unspecified atom stereocenters. The van der Waals surface area contributed by atoms with E-state index in [0.717, 1.165) is 0 Å². The number of nitrogens with two attached hydrogens (primary N) is 1. The number of esters is 1. The number of fused-ring (bicyclic) bond motifs is 1. The lowest BCUT2D eigenvalue weighted by atomic mass is 10.1.